The van der Waals surface area contributed by atoms with Gasteiger partial charge in [-0.15, -0.1) is 0 Å². The molecular formula is C9H15NO6. The fourth-order valence-electron chi connectivity index (χ4n) is 1.36. The van der Waals surface area contributed by atoms with E-state index in [-0.39, 0.29) is 6.42 Å². The highest BCUT2D eigenvalue weighted by Gasteiger charge is 2.27. The highest BCUT2D eigenvalue weighted by atomic mass is 16.4. The second kappa shape index (κ2) is 6.78. The summed E-state index contributed by atoms with van der Waals surface area (Å²) in [5.74, 6) is -3.70. The van der Waals surface area contributed by atoms with Gasteiger partial charge in [0.2, 0.25) is 0 Å². The molecule has 0 fully saturated rings. The molecule has 92 valence electrons. The first kappa shape index (κ1) is 14.4. The van der Waals surface area contributed by atoms with Gasteiger partial charge in [-0.1, -0.05) is 13.3 Å². The number of nitrogens with zero attached hydrogens (tertiary/aromatic N) is 1. The molecule has 0 heterocycles. The van der Waals surface area contributed by atoms with Crippen LogP contribution in [0.1, 0.15) is 19.8 Å². The van der Waals surface area contributed by atoms with E-state index in [1.165, 1.54) is 0 Å². The third-order valence-electron chi connectivity index (χ3n) is 1.96. The van der Waals surface area contributed by atoms with Crippen molar-refractivity contribution in [3.8, 4) is 0 Å². The lowest BCUT2D eigenvalue weighted by atomic mass is 10.1. The molecule has 0 aliphatic heterocycles. The van der Waals surface area contributed by atoms with E-state index in [2.05, 4.69) is 0 Å². The van der Waals surface area contributed by atoms with Gasteiger partial charge in [0.25, 0.3) is 0 Å². The predicted molar refractivity (Wildman–Crippen MR) is 53.2 cm³/mol. The molecule has 3 N–H and O–H groups in total. The van der Waals surface area contributed by atoms with Gasteiger partial charge < -0.3 is 15.3 Å². The van der Waals surface area contributed by atoms with Crippen molar-refractivity contribution in [2.24, 2.45) is 0 Å². The summed E-state index contributed by atoms with van der Waals surface area (Å²) in [7, 11) is 0. The Morgan fingerprint density at radius 2 is 1.50 bits per heavy atom. The van der Waals surface area contributed by atoms with Crippen molar-refractivity contribution in [2.45, 2.75) is 25.8 Å². The molecule has 0 aromatic rings. The van der Waals surface area contributed by atoms with Crippen LogP contribution in [-0.2, 0) is 14.4 Å². The van der Waals surface area contributed by atoms with Crippen molar-refractivity contribution in [1.29, 1.82) is 0 Å². The van der Waals surface area contributed by atoms with Gasteiger partial charge in [0.05, 0.1) is 13.1 Å². The maximum absolute atomic E-state index is 10.9. The minimum Gasteiger partial charge on any atom is -0.480 e. The molecule has 0 saturated carbocycles. The minimum atomic E-state index is -1.25. The van der Waals surface area contributed by atoms with E-state index in [1.807, 2.05) is 0 Å². The molecule has 1 unspecified atom stereocenters. The molecule has 0 radical (unpaired) electrons. The van der Waals surface area contributed by atoms with Crippen LogP contribution >= 0.6 is 0 Å². The Morgan fingerprint density at radius 1 is 1.06 bits per heavy atom. The Morgan fingerprint density at radius 3 is 1.75 bits per heavy atom. The molecule has 0 aliphatic rings. The molecule has 0 saturated heterocycles. The van der Waals surface area contributed by atoms with Crippen LogP contribution in [0.5, 0.6) is 0 Å². The van der Waals surface area contributed by atoms with Crippen LogP contribution in [0.15, 0.2) is 0 Å². The summed E-state index contributed by atoms with van der Waals surface area (Å²) < 4.78 is 0. The second-order valence-electron chi connectivity index (χ2n) is 3.34. The van der Waals surface area contributed by atoms with Gasteiger partial charge in [0.15, 0.2) is 0 Å². The Balaban J connectivity index is 4.72. The highest BCUT2D eigenvalue weighted by molar-refractivity contribution is 5.78. The summed E-state index contributed by atoms with van der Waals surface area (Å²) in [6.45, 7) is 0.558. The lowest BCUT2D eigenvalue weighted by molar-refractivity contribution is -0.149. The molecule has 1 atom stereocenters. The first-order chi connectivity index (χ1) is 7.38. The maximum Gasteiger partial charge on any atom is 0.320 e. The van der Waals surface area contributed by atoms with Crippen LogP contribution in [0.25, 0.3) is 0 Å². The average Bonchev–Trinajstić information content (AvgIpc) is 2.10. The van der Waals surface area contributed by atoms with Crippen molar-refractivity contribution in [3.05, 3.63) is 0 Å². The fraction of sp³-hybridized carbons (Fsp3) is 0.667. The molecule has 0 amide bonds. The summed E-state index contributed by atoms with van der Waals surface area (Å²) in [5, 5.41) is 26.0. The van der Waals surface area contributed by atoms with E-state index < -0.39 is 37.0 Å². The summed E-state index contributed by atoms with van der Waals surface area (Å²) in [6.07, 6.45) is 0.753. The third-order valence-corrected chi connectivity index (χ3v) is 1.96. The van der Waals surface area contributed by atoms with Crippen molar-refractivity contribution in [2.75, 3.05) is 13.1 Å². The molecule has 0 aromatic carbocycles. The first-order valence-corrected chi connectivity index (χ1v) is 4.78. The predicted octanol–water partition coefficient (Wildman–Crippen LogP) is -0.289. The van der Waals surface area contributed by atoms with E-state index in [9.17, 15) is 14.4 Å². The Kier molecular flexibility index (Phi) is 6.09. The second-order valence-corrected chi connectivity index (χ2v) is 3.34. The molecule has 0 bridgehead atoms. The minimum absolute atomic E-state index is 0.218. The SMILES string of the molecule is CCCC(C(=O)O)N(CC(=O)O)CC(=O)O. The fourth-order valence-corrected chi connectivity index (χ4v) is 1.36. The lowest BCUT2D eigenvalue weighted by Gasteiger charge is -2.25. The topological polar surface area (TPSA) is 115 Å². The average molecular weight is 233 g/mol. The normalized spacial score (nSPS) is 12.4. The van der Waals surface area contributed by atoms with Gasteiger partial charge in [0, 0.05) is 0 Å². The van der Waals surface area contributed by atoms with Crippen LogP contribution in [0, 0.1) is 0 Å². The summed E-state index contributed by atoms with van der Waals surface area (Å²) in [4.78, 5) is 32.8. The van der Waals surface area contributed by atoms with Crippen LogP contribution in [0.4, 0.5) is 0 Å². The van der Waals surface area contributed by atoms with Gasteiger partial charge in [-0.3, -0.25) is 19.3 Å². The molecule has 16 heavy (non-hydrogen) atoms. The molecule has 0 aliphatic carbocycles. The molecule has 7 nitrogen and oxygen atoms in total. The maximum atomic E-state index is 10.9. The van der Waals surface area contributed by atoms with Gasteiger partial charge in [-0.2, -0.15) is 0 Å². The van der Waals surface area contributed by atoms with Crippen LogP contribution in [0.3, 0.4) is 0 Å². The number of hydrogen-bond acceptors (Lipinski definition) is 4. The summed E-state index contributed by atoms with van der Waals surface area (Å²) in [6, 6.07) is -1.07. The number of carboxylic acid groups (broad SMARTS) is 3. The van der Waals surface area contributed by atoms with E-state index in [0.29, 0.717) is 6.42 Å². The smallest absolute Gasteiger partial charge is 0.320 e. The van der Waals surface area contributed by atoms with E-state index in [1.54, 1.807) is 6.92 Å². The molecular weight excluding hydrogens is 218 g/mol. The number of carboxylic acids is 3. The van der Waals surface area contributed by atoms with E-state index in [4.69, 9.17) is 15.3 Å². The quantitative estimate of drug-likeness (QED) is 0.527. The van der Waals surface area contributed by atoms with Crippen molar-refractivity contribution >= 4 is 17.9 Å². The largest absolute Gasteiger partial charge is 0.480 e. The van der Waals surface area contributed by atoms with Gasteiger partial charge in [-0.05, 0) is 6.42 Å². The van der Waals surface area contributed by atoms with E-state index in [0.717, 1.165) is 4.90 Å². The third kappa shape index (κ3) is 5.30. The number of carbonyl (C=O) groups is 3. The van der Waals surface area contributed by atoms with Crippen LogP contribution in [-0.4, -0.2) is 57.3 Å². The number of rotatable bonds is 8. The Hall–Kier alpha value is -1.63. The zero-order valence-corrected chi connectivity index (χ0v) is 8.92. The van der Waals surface area contributed by atoms with Crippen LogP contribution < -0.4 is 0 Å². The zero-order valence-electron chi connectivity index (χ0n) is 8.92. The van der Waals surface area contributed by atoms with Crippen molar-refractivity contribution in [3.63, 3.8) is 0 Å². The van der Waals surface area contributed by atoms with Crippen molar-refractivity contribution < 1.29 is 29.7 Å². The Bertz CT molecular complexity index is 261. The lowest BCUT2D eigenvalue weighted by Crippen LogP contribution is -2.46. The standard InChI is InChI=1S/C9H15NO6/c1-2-3-6(9(15)16)10(4-7(11)12)5-8(13)14/h6H,2-5H2,1H3,(H,11,12)(H,13,14)(H,15,16). The van der Waals surface area contributed by atoms with Gasteiger partial charge in [0.1, 0.15) is 6.04 Å². The molecule has 0 aromatic heterocycles. The van der Waals surface area contributed by atoms with E-state index >= 15 is 0 Å². The number of hydrogen-bond donors (Lipinski definition) is 3. The van der Waals surface area contributed by atoms with Crippen LogP contribution in [0.2, 0.25) is 0 Å². The molecule has 0 rings (SSSR count). The Labute approximate surface area is 92.3 Å². The van der Waals surface area contributed by atoms with Gasteiger partial charge in [-0.25, -0.2) is 0 Å². The van der Waals surface area contributed by atoms with Gasteiger partial charge >= 0.3 is 17.9 Å². The zero-order chi connectivity index (χ0) is 12.7. The first-order valence-electron chi connectivity index (χ1n) is 4.78. The monoisotopic (exact) mass is 233 g/mol. The summed E-state index contributed by atoms with van der Waals surface area (Å²) >= 11 is 0. The highest BCUT2D eigenvalue weighted by Crippen LogP contribution is 2.07. The molecule has 0 spiro atoms. The van der Waals surface area contributed by atoms with Crippen molar-refractivity contribution in [1.82, 2.24) is 4.90 Å². The number of aliphatic carboxylic acids is 3. The summed E-state index contributed by atoms with van der Waals surface area (Å²) in [5.41, 5.74) is 0. The molecule has 7 heteroatoms.